The monoisotopic (exact) mass is 355 g/mol. The highest BCUT2D eigenvalue weighted by atomic mass is 16.6. The lowest BCUT2D eigenvalue weighted by Gasteiger charge is -2.40. The normalized spacial score (nSPS) is 14.7. The summed E-state index contributed by atoms with van der Waals surface area (Å²) in [6.45, 7) is 6.50. The Morgan fingerprint density at radius 2 is 1.73 bits per heavy atom. The molecule has 2 aromatic rings. The van der Waals surface area contributed by atoms with Crippen LogP contribution in [0.3, 0.4) is 0 Å². The van der Waals surface area contributed by atoms with Crippen molar-refractivity contribution in [3.05, 3.63) is 54.4 Å². The summed E-state index contributed by atoms with van der Waals surface area (Å²) in [6.07, 6.45) is 3.96. The minimum atomic E-state index is -0.502. The van der Waals surface area contributed by atoms with Gasteiger partial charge >= 0.3 is 6.09 Å². The number of nitrogens with zero attached hydrogens (tertiary/aromatic N) is 2. The van der Waals surface area contributed by atoms with Crippen molar-refractivity contribution >= 4 is 12.0 Å². The number of likely N-dealkylation sites (tertiary alicyclic amines) is 1. The number of benzene rings is 1. The van der Waals surface area contributed by atoms with Crippen molar-refractivity contribution in [2.24, 2.45) is 0 Å². The van der Waals surface area contributed by atoms with Crippen LogP contribution in [0.4, 0.5) is 4.79 Å². The number of carbonyl (C=O) groups excluding carboxylic acids is 2. The van der Waals surface area contributed by atoms with Crippen LogP contribution in [0.15, 0.2) is 48.8 Å². The summed E-state index contributed by atoms with van der Waals surface area (Å²) in [5, 5.41) is 2.96. The summed E-state index contributed by atoms with van der Waals surface area (Å²) >= 11 is 0. The summed E-state index contributed by atoms with van der Waals surface area (Å²) < 4.78 is 7.32. The molecule has 6 nitrogen and oxygen atoms in total. The van der Waals surface area contributed by atoms with Gasteiger partial charge in [-0.05, 0) is 50.6 Å². The van der Waals surface area contributed by atoms with E-state index in [1.807, 2.05) is 74.1 Å². The van der Waals surface area contributed by atoms with Crippen molar-refractivity contribution < 1.29 is 14.3 Å². The largest absolute Gasteiger partial charge is 0.444 e. The minimum Gasteiger partial charge on any atom is -0.444 e. The molecule has 0 atom stereocenters. The number of aromatic nitrogens is 1. The average Bonchev–Trinajstić information content (AvgIpc) is 3.03. The van der Waals surface area contributed by atoms with Gasteiger partial charge in [-0.25, -0.2) is 4.79 Å². The SMILES string of the molecule is CC(C)(C)OC(=O)N1CC(NC(=O)Cc2ccc(-n3cccc3)cc2)C1. The molecule has 6 heteroatoms. The lowest BCUT2D eigenvalue weighted by atomic mass is 10.1. The first-order chi connectivity index (χ1) is 12.3. The molecular formula is C20H25N3O3. The fourth-order valence-corrected chi connectivity index (χ4v) is 2.80. The van der Waals surface area contributed by atoms with Gasteiger partial charge in [0.2, 0.25) is 5.91 Å². The predicted octanol–water partition coefficient (Wildman–Crippen LogP) is 2.76. The Morgan fingerprint density at radius 3 is 2.31 bits per heavy atom. The topological polar surface area (TPSA) is 63.6 Å². The van der Waals surface area contributed by atoms with Crippen LogP contribution in [-0.4, -0.2) is 46.2 Å². The van der Waals surface area contributed by atoms with Gasteiger partial charge in [0.05, 0.1) is 12.5 Å². The third-order valence-electron chi connectivity index (χ3n) is 4.10. The van der Waals surface area contributed by atoms with Crippen LogP contribution >= 0.6 is 0 Å². The molecule has 3 rings (SSSR count). The molecule has 0 spiro atoms. The summed E-state index contributed by atoms with van der Waals surface area (Å²) in [6, 6.07) is 11.9. The lowest BCUT2D eigenvalue weighted by Crippen LogP contribution is -2.61. The molecule has 2 heterocycles. The van der Waals surface area contributed by atoms with Crippen LogP contribution in [0, 0.1) is 0 Å². The summed E-state index contributed by atoms with van der Waals surface area (Å²) in [4.78, 5) is 25.7. The van der Waals surface area contributed by atoms with Gasteiger partial charge in [-0.3, -0.25) is 4.79 Å². The molecule has 1 saturated heterocycles. The molecule has 0 unspecified atom stereocenters. The molecule has 0 saturated carbocycles. The maximum Gasteiger partial charge on any atom is 0.410 e. The highest BCUT2D eigenvalue weighted by Crippen LogP contribution is 2.15. The Hall–Kier alpha value is -2.76. The van der Waals surface area contributed by atoms with Crippen molar-refractivity contribution in [1.82, 2.24) is 14.8 Å². The number of ether oxygens (including phenoxy) is 1. The van der Waals surface area contributed by atoms with E-state index in [-0.39, 0.29) is 18.0 Å². The van der Waals surface area contributed by atoms with Crippen molar-refractivity contribution in [2.75, 3.05) is 13.1 Å². The Bertz CT molecular complexity index is 755. The zero-order valence-corrected chi connectivity index (χ0v) is 15.4. The summed E-state index contributed by atoms with van der Waals surface area (Å²) in [5.74, 6) is -0.0347. The van der Waals surface area contributed by atoms with Crippen LogP contribution in [0.5, 0.6) is 0 Å². The van der Waals surface area contributed by atoms with E-state index in [4.69, 9.17) is 4.74 Å². The Morgan fingerprint density at radius 1 is 1.12 bits per heavy atom. The number of carbonyl (C=O) groups is 2. The number of amides is 2. The fraction of sp³-hybridized carbons (Fsp3) is 0.400. The van der Waals surface area contributed by atoms with Crippen molar-refractivity contribution in [3.8, 4) is 5.69 Å². The lowest BCUT2D eigenvalue weighted by molar-refractivity contribution is -0.122. The maximum atomic E-state index is 12.2. The molecule has 2 amide bonds. The third kappa shape index (κ3) is 4.65. The highest BCUT2D eigenvalue weighted by Gasteiger charge is 2.34. The standard InChI is InChI=1S/C20H25N3O3/c1-20(2,3)26-19(25)23-13-16(14-23)21-18(24)12-15-6-8-17(9-7-15)22-10-4-5-11-22/h4-11,16H,12-14H2,1-3H3,(H,21,24). The fourth-order valence-electron chi connectivity index (χ4n) is 2.80. The molecule has 1 aromatic heterocycles. The van der Waals surface area contributed by atoms with Gasteiger partial charge in [-0.15, -0.1) is 0 Å². The van der Waals surface area contributed by atoms with Gasteiger partial charge in [0.15, 0.2) is 0 Å². The van der Waals surface area contributed by atoms with Crippen LogP contribution in [0.25, 0.3) is 5.69 Å². The first-order valence-electron chi connectivity index (χ1n) is 8.80. The van der Waals surface area contributed by atoms with Gasteiger partial charge in [0.25, 0.3) is 0 Å². The van der Waals surface area contributed by atoms with E-state index in [0.29, 0.717) is 19.5 Å². The van der Waals surface area contributed by atoms with Gasteiger partial charge in [-0.1, -0.05) is 12.1 Å². The van der Waals surface area contributed by atoms with Gasteiger partial charge in [0, 0.05) is 31.2 Å². The second-order valence-electron chi connectivity index (χ2n) is 7.58. The van der Waals surface area contributed by atoms with Crippen LogP contribution in [0.1, 0.15) is 26.3 Å². The Labute approximate surface area is 153 Å². The highest BCUT2D eigenvalue weighted by molar-refractivity contribution is 5.79. The first kappa shape index (κ1) is 18.0. The van der Waals surface area contributed by atoms with Crippen molar-refractivity contribution in [2.45, 2.75) is 38.8 Å². The van der Waals surface area contributed by atoms with Gasteiger partial charge in [0.1, 0.15) is 5.60 Å². The quantitative estimate of drug-likeness (QED) is 0.917. The van der Waals surface area contributed by atoms with E-state index in [1.165, 1.54) is 0 Å². The average molecular weight is 355 g/mol. The van der Waals surface area contributed by atoms with E-state index in [2.05, 4.69) is 5.32 Å². The summed E-state index contributed by atoms with van der Waals surface area (Å²) in [7, 11) is 0. The molecule has 1 aliphatic rings. The molecule has 0 radical (unpaired) electrons. The van der Waals surface area contributed by atoms with E-state index in [9.17, 15) is 9.59 Å². The van der Waals surface area contributed by atoms with E-state index < -0.39 is 5.60 Å². The zero-order chi connectivity index (χ0) is 18.7. The van der Waals surface area contributed by atoms with Crippen LogP contribution in [-0.2, 0) is 16.0 Å². The van der Waals surface area contributed by atoms with E-state index in [0.717, 1.165) is 11.3 Å². The second-order valence-corrected chi connectivity index (χ2v) is 7.58. The molecule has 138 valence electrons. The van der Waals surface area contributed by atoms with Crippen molar-refractivity contribution in [3.63, 3.8) is 0 Å². The molecule has 1 N–H and O–H groups in total. The Balaban J connectivity index is 1.43. The van der Waals surface area contributed by atoms with Gasteiger partial charge in [-0.2, -0.15) is 0 Å². The number of nitrogens with one attached hydrogen (secondary N) is 1. The smallest absolute Gasteiger partial charge is 0.410 e. The predicted molar refractivity (Wildman–Crippen MR) is 99.2 cm³/mol. The molecule has 0 bridgehead atoms. The molecular weight excluding hydrogens is 330 g/mol. The number of hydrogen-bond acceptors (Lipinski definition) is 3. The van der Waals surface area contributed by atoms with E-state index in [1.54, 1.807) is 4.90 Å². The van der Waals surface area contributed by atoms with Crippen LogP contribution in [0.2, 0.25) is 0 Å². The second kappa shape index (κ2) is 7.23. The molecule has 1 aliphatic heterocycles. The molecule has 1 fully saturated rings. The number of rotatable bonds is 4. The first-order valence-corrected chi connectivity index (χ1v) is 8.80. The molecule has 26 heavy (non-hydrogen) atoms. The Kier molecular flexibility index (Phi) is 5.02. The van der Waals surface area contributed by atoms with Crippen LogP contribution < -0.4 is 5.32 Å². The number of hydrogen-bond donors (Lipinski definition) is 1. The van der Waals surface area contributed by atoms with E-state index >= 15 is 0 Å². The molecule has 1 aromatic carbocycles. The molecule has 0 aliphatic carbocycles. The third-order valence-corrected chi connectivity index (χ3v) is 4.10. The minimum absolute atomic E-state index is 0.00540. The van der Waals surface area contributed by atoms with Crippen molar-refractivity contribution in [1.29, 1.82) is 0 Å². The van der Waals surface area contributed by atoms with Gasteiger partial charge < -0.3 is 19.5 Å². The zero-order valence-electron chi connectivity index (χ0n) is 15.4. The summed E-state index contributed by atoms with van der Waals surface area (Å²) in [5.41, 5.74) is 1.52. The maximum absolute atomic E-state index is 12.2.